The molecule has 0 radical (unpaired) electrons. The van der Waals surface area contributed by atoms with Crippen LogP contribution in [0.2, 0.25) is 0 Å². The van der Waals surface area contributed by atoms with Gasteiger partial charge in [0, 0.05) is 50.1 Å². The van der Waals surface area contributed by atoms with E-state index in [0.717, 1.165) is 40.2 Å². The molecule has 3 amide bonds. The molecule has 0 bridgehead atoms. The second-order valence-corrected chi connectivity index (χ2v) is 14.4. The van der Waals surface area contributed by atoms with Gasteiger partial charge in [-0.2, -0.15) is 26.3 Å². The molecule has 0 spiro atoms. The lowest BCUT2D eigenvalue weighted by atomic mass is 9.69. The fourth-order valence-electron chi connectivity index (χ4n) is 7.60. The van der Waals surface area contributed by atoms with Crippen LogP contribution in [0.3, 0.4) is 0 Å². The van der Waals surface area contributed by atoms with E-state index in [1.165, 1.54) is 11.8 Å². The summed E-state index contributed by atoms with van der Waals surface area (Å²) in [5, 5.41) is 1.11. The van der Waals surface area contributed by atoms with E-state index in [2.05, 4.69) is 4.98 Å². The quantitative estimate of drug-likeness (QED) is 0.211. The van der Waals surface area contributed by atoms with Crippen molar-refractivity contribution >= 4 is 34.8 Å². The minimum atomic E-state index is -4.92. The van der Waals surface area contributed by atoms with Crippen LogP contribution in [0.15, 0.2) is 54.0 Å². The Hall–Kier alpha value is -4.47. The Labute approximate surface area is 306 Å². The van der Waals surface area contributed by atoms with Crippen LogP contribution in [-0.2, 0) is 38.6 Å². The number of benzene rings is 1. The maximum Gasteiger partial charge on any atom is 0.425 e. The summed E-state index contributed by atoms with van der Waals surface area (Å²) >= 11 is 0.359. The second-order valence-electron chi connectivity index (χ2n) is 13.5. The molecule has 0 unspecified atom stereocenters. The topological polar surface area (TPSA) is 123 Å². The third-order valence-electron chi connectivity index (χ3n) is 10.2. The molecule has 4 heterocycles. The van der Waals surface area contributed by atoms with Crippen molar-refractivity contribution in [3.63, 3.8) is 0 Å². The maximum absolute atomic E-state index is 15.0. The number of ketones is 1. The molecule has 0 aliphatic carbocycles. The van der Waals surface area contributed by atoms with E-state index in [-0.39, 0.29) is 69.7 Å². The SMILES string of the molecule is CCC[C@H]1N(C(=O)c2ncccc2C(F)(F)F)CCC[C@@]1(Oc1csc(C(F)(F)F)c1)C(=O)N1CCC(C(N)=O)(c2ccccc2CCC(C)=O)CC1. The zero-order valence-electron chi connectivity index (χ0n) is 29.2. The molecule has 5 rings (SSSR count). The fraction of sp³-hybridized carbons (Fsp3) is 0.486. The summed E-state index contributed by atoms with van der Waals surface area (Å²) in [6, 6.07) is 8.46. The molecule has 2 saturated heterocycles. The van der Waals surface area contributed by atoms with Crippen LogP contribution in [0.25, 0.3) is 0 Å². The highest BCUT2D eigenvalue weighted by Crippen LogP contribution is 2.44. The van der Waals surface area contributed by atoms with Gasteiger partial charge in [-0.25, -0.2) is 0 Å². The first-order valence-electron chi connectivity index (χ1n) is 17.3. The molecular weight excluding hydrogens is 726 g/mol. The minimum absolute atomic E-state index is 0.0311. The number of halogens is 6. The first-order valence-corrected chi connectivity index (χ1v) is 18.2. The molecule has 3 aromatic rings. The number of likely N-dealkylation sites (tertiary alicyclic amines) is 2. The summed E-state index contributed by atoms with van der Waals surface area (Å²) in [5.74, 6) is -2.70. The molecule has 0 saturated carbocycles. The normalized spacial score (nSPS) is 20.6. The highest BCUT2D eigenvalue weighted by Gasteiger charge is 2.57. The van der Waals surface area contributed by atoms with Crippen molar-refractivity contribution in [1.82, 2.24) is 14.8 Å². The molecule has 16 heteroatoms. The number of rotatable bonds is 11. The number of alkyl halides is 6. The molecule has 2 N–H and O–H groups in total. The largest absolute Gasteiger partial charge is 0.474 e. The van der Waals surface area contributed by atoms with Crippen molar-refractivity contribution in [3.05, 3.63) is 81.3 Å². The molecule has 1 aromatic carbocycles. The second kappa shape index (κ2) is 15.5. The first-order chi connectivity index (χ1) is 24.9. The van der Waals surface area contributed by atoms with Gasteiger partial charge in [-0.05, 0) is 62.3 Å². The summed E-state index contributed by atoms with van der Waals surface area (Å²) in [5.41, 5.74) is 2.09. The van der Waals surface area contributed by atoms with E-state index in [9.17, 15) is 45.5 Å². The standard InChI is InChI=1S/C37H40F6N4O5S/c1-3-8-28-35(52-25-21-29(53-22-25)37(41,42)43,14-7-18-47(28)31(49)30-27(36(38,39)40)11-6-17-45-30)33(51)46-19-15-34(16-20-46,32(44)50)26-10-5-4-9-24(26)13-12-23(2)48/h4-6,9-11,17,21-22,28H,3,7-8,12-16,18-20H2,1-2H3,(H2,44,50)/t28-,35+/m1/s1. The van der Waals surface area contributed by atoms with Gasteiger partial charge >= 0.3 is 12.4 Å². The van der Waals surface area contributed by atoms with E-state index in [1.54, 1.807) is 25.1 Å². The van der Waals surface area contributed by atoms with Crippen molar-refractivity contribution in [2.24, 2.45) is 5.73 Å². The van der Waals surface area contributed by atoms with Crippen LogP contribution >= 0.6 is 11.3 Å². The maximum atomic E-state index is 15.0. The molecular formula is C37H40F6N4O5S. The number of hydrogen-bond donors (Lipinski definition) is 1. The van der Waals surface area contributed by atoms with E-state index in [4.69, 9.17) is 10.5 Å². The Kier molecular flexibility index (Phi) is 11.6. The van der Waals surface area contributed by atoms with Crippen molar-refractivity contribution in [1.29, 1.82) is 0 Å². The monoisotopic (exact) mass is 766 g/mol. The minimum Gasteiger partial charge on any atom is -0.474 e. The number of thiophene rings is 1. The number of aryl methyl sites for hydroxylation is 1. The van der Waals surface area contributed by atoms with E-state index >= 15 is 0 Å². The number of Topliss-reactive ketones (excluding diaryl/α,β-unsaturated/α-hetero) is 1. The van der Waals surface area contributed by atoms with Gasteiger partial charge in [-0.3, -0.25) is 19.4 Å². The van der Waals surface area contributed by atoms with E-state index in [0.29, 0.717) is 29.7 Å². The van der Waals surface area contributed by atoms with Crippen LogP contribution in [0.1, 0.15) is 90.8 Å². The Balaban J connectivity index is 1.55. The fourth-order valence-corrected chi connectivity index (χ4v) is 8.28. The number of aromatic nitrogens is 1. The lowest BCUT2D eigenvalue weighted by molar-refractivity contribution is -0.161. The number of piperidine rings is 2. The Bertz CT molecular complexity index is 1840. The van der Waals surface area contributed by atoms with Crippen molar-refractivity contribution < 1.29 is 50.3 Å². The summed E-state index contributed by atoms with van der Waals surface area (Å²) in [6.07, 6.45) is -7.41. The smallest absolute Gasteiger partial charge is 0.425 e. The van der Waals surface area contributed by atoms with Gasteiger partial charge in [-0.15, -0.1) is 11.3 Å². The average Bonchev–Trinajstić information content (AvgIpc) is 3.60. The van der Waals surface area contributed by atoms with Gasteiger partial charge in [-0.1, -0.05) is 37.6 Å². The number of primary amides is 1. The van der Waals surface area contributed by atoms with Crippen LogP contribution in [0.4, 0.5) is 26.3 Å². The van der Waals surface area contributed by atoms with Gasteiger partial charge in [0.25, 0.3) is 11.8 Å². The first kappa shape index (κ1) is 39.7. The third-order valence-corrected chi connectivity index (χ3v) is 11.1. The lowest BCUT2D eigenvalue weighted by Gasteiger charge is -2.51. The highest BCUT2D eigenvalue weighted by molar-refractivity contribution is 7.10. The number of carbonyl (C=O) groups is 4. The van der Waals surface area contributed by atoms with Crippen molar-refractivity contribution in [3.8, 4) is 5.75 Å². The molecule has 286 valence electrons. The van der Waals surface area contributed by atoms with Crippen LogP contribution in [0, 0.1) is 0 Å². The van der Waals surface area contributed by atoms with Crippen molar-refractivity contribution in [2.75, 3.05) is 19.6 Å². The Morgan fingerprint density at radius 2 is 1.68 bits per heavy atom. The molecule has 2 fully saturated rings. The molecule has 53 heavy (non-hydrogen) atoms. The van der Waals surface area contributed by atoms with E-state index in [1.807, 2.05) is 6.07 Å². The Morgan fingerprint density at radius 1 is 0.981 bits per heavy atom. The number of nitrogens with zero attached hydrogens (tertiary/aromatic N) is 3. The predicted octanol–water partition coefficient (Wildman–Crippen LogP) is 6.97. The average molecular weight is 767 g/mol. The molecule has 2 aliphatic rings. The number of pyridine rings is 1. The molecule has 2 aromatic heterocycles. The van der Waals surface area contributed by atoms with Gasteiger partial charge < -0.3 is 25.1 Å². The number of ether oxygens (including phenoxy) is 1. The molecule has 9 nitrogen and oxygen atoms in total. The highest BCUT2D eigenvalue weighted by atomic mass is 32.1. The third kappa shape index (κ3) is 8.06. The molecule has 2 atom stereocenters. The van der Waals surface area contributed by atoms with Crippen LogP contribution < -0.4 is 10.5 Å². The zero-order chi connectivity index (χ0) is 38.8. The number of amides is 3. The van der Waals surface area contributed by atoms with Crippen LogP contribution in [0.5, 0.6) is 5.75 Å². The number of nitrogens with two attached hydrogens (primary N) is 1. The Morgan fingerprint density at radius 3 is 2.28 bits per heavy atom. The summed E-state index contributed by atoms with van der Waals surface area (Å²) in [4.78, 5) is 59.4. The molecule has 2 aliphatic heterocycles. The van der Waals surface area contributed by atoms with Gasteiger partial charge in [0.05, 0.1) is 17.0 Å². The number of hydrogen-bond acceptors (Lipinski definition) is 7. The lowest BCUT2D eigenvalue weighted by Crippen LogP contribution is -2.69. The number of carbonyl (C=O) groups excluding carboxylic acids is 4. The van der Waals surface area contributed by atoms with Gasteiger partial charge in [0.1, 0.15) is 22.1 Å². The van der Waals surface area contributed by atoms with Gasteiger partial charge in [0.2, 0.25) is 11.5 Å². The zero-order valence-corrected chi connectivity index (χ0v) is 30.0. The summed E-state index contributed by atoms with van der Waals surface area (Å²) in [6.45, 7) is 3.08. The summed E-state index contributed by atoms with van der Waals surface area (Å²) < 4.78 is 89.5. The van der Waals surface area contributed by atoms with Crippen molar-refractivity contribution in [2.45, 2.75) is 94.6 Å². The van der Waals surface area contributed by atoms with Crippen LogP contribution in [-0.4, -0.2) is 69.6 Å². The predicted molar refractivity (Wildman–Crippen MR) is 183 cm³/mol. The van der Waals surface area contributed by atoms with E-state index < -0.39 is 63.3 Å². The van der Waals surface area contributed by atoms with Gasteiger partial charge in [0.15, 0.2) is 0 Å². The summed E-state index contributed by atoms with van der Waals surface area (Å²) in [7, 11) is 0.